The summed E-state index contributed by atoms with van der Waals surface area (Å²) in [4.78, 5) is 13.1. The maximum Gasteiger partial charge on any atom is 0.263 e. The highest BCUT2D eigenvalue weighted by molar-refractivity contribution is 7.21. The lowest BCUT2D eigenvalue weighted by Gasteiger charge is -2.04. The largest absolute Gasteiger partial charge is 0.397 e. The molecule has 2 aromatic rings. The first kappa shape index (κ1) is 14.6. The summed E-state index contributed by atoms with van der Waals surface area (Å²) < 4.78 is 5.10. The first-order chi connectivity index (χ1) is 9.74. The summed E-state index contributed by atoms with van der Waals surface area (Å²) in [6, 6.07) is 1.74. The number of hydrogen-bond acceptors (Lipinski definition) is 7. The van der Waals surface area contributed by atoms with Gasteiger partial charge in [-0.25, -0.2) is 0 Å². The molecule has 1 amide bonds. The van der Waals surface area contributed by atoms with Crippen molar-refractivity contribution in [3.05, 3.63) is 17.1 Å². The third-order valence-electron chi connectivity index (χ3n) is 2.61. The predicted octanol–water partition coefficient (Wildman–Crippen LogP) is 0.402. The van der Waals surface area contributed by atoms with Gasteiger partial charge >= 0.3 is 0 Å². The van der Waals surface area contributed by atoms with Crippen molar-refractivity contribution < 1.29 is 14.6 Å². The molecule has 0 bridgehead atoms. The molecule has 0 unspecified atom stereocenters. The molecule has 0 aromatic carbocycles. The third-order valence-corrected chi connectivity index (χ3v) is 3.72. The normalized spacial score (nSPS) is 10.8. The van der Waals surface area contributed by atoms with Crippen LogP contribution in [0.1, 0.15) is 16.1 Å². The average molecular weight is 296 g/mol. The third kappa shape index (κ3) is 3.41. The van der Waals surface area contributed by atoms with Gasteiger partial charge in [0.15, 0.2) is 0 Å². The Balaban J connectivity index is 1.89. The lowest BCUT2D eigenvalue weighted by molar-refractivity contribution is 0.0869. The predicted molar refractivity (Wildman–Crippen MR) is 76.7 cm³/mol. The summed E-state index contributed by atoms with van der Waals surface area (Å²) in [5.74, 6) is -0.215. The molecule has 0 atom stereocenters. The van der Waals surface area contributed by atoms with E-state index in [2.05, 4.69) is 15.5 Å². The van der Waals surface area contributed by atoms with Crippen molar-refractivity contribution in [1.29, 1.82) is 0 Å². The molecule has 0 saturated carbocycles. The zero-order valence-corrected chi connectivity index (χ0v) is 11.7. The summed E-state index contributed by atoms with van der Waals surface area (Å²) >= 11 is 1.23. The Morgan fingerprint density at radius 2 is 2.35 bits per heavy atom. The summed E-state index contributed by atoms with van der Waals surface area (Å²) in [5, 5.41) is 19.8. The zero-order valence-electron chi connectivity index (χ0n) is 10.8. The Hall–Kier alpha value is -1.77. The maximum absolute atomic E-state index is 12.0. The second kappa shape index (κ2) is 7.13. The fourth-order valence-corrected chi connectivity index (χ4v) is 2.62. The number of carbonyl (C=O) groups is 1. The quantitative estimate of drug-likeness (QED) is 0.638. The molecule has 0 aliphatic heterocycles. The Labute approximate surface area is 119 Å². The van der Waals surface area contributed by atoms with Gasteiger partial charge in [0.1, 0.15) is 9.71 Å². The number of thiophene rings is 1. The lowest BCUT2D eigenvalue weighted by atomic mass is 10.3. The van der Waals surface area contributed by atoms with Crippen molar-refractivity contribution in [1.82, 2.24) is 15.5 Å². The molecular weight excluding hydrogens is 280 g/mol. The molecule has 2 heterocycles. The molecule has 0 saturated heterocycles. The van der Waals surface area contributed by atoms with Crippen LogP contribution in [0.5, 0.6) is 0 Å². The fraction of sp³-hybridized carbons (Fsp3) is 0.417. The number of nitrogens with one attached hydrogen (secondary N) is 1. The van der Waals surface area contributed by atoms with Gasteiger partial charge in [-0.1, -0.05) is 0 Å². The highest BCUT2D eigenvalue weighted by Crippen LogP contribution is 2.31. The number of fused-ring (bicyclic) bond motifs is 1. The van der Waals surface area contributed by atoms with Crippen LogP contribution in [-0.4, -0.2) is 47.6 Å². The molecule has 0 fully saturated rings. The van der Waals surface area contributed by atoms with Gasteiger partial charge < -0.3 is 20.9 Å². The molecule has 0 aliphatic rings. The molecule has 2 rings (SSSR count). The average Bonchev–Trinajstić information content (AvgIpc) is 2.80. The van der Waals surface area contributed by atoms with E-state index in [1.807, 2.05) is 0 Å². The van der Waals surface area contributed by atoms with Crippen LogP contribution in [0.15, 0.2) is 12.3 Å². The monoisotopic (exact) mass is 296 g/mol. The van der Waals surface area contributed by atoms with E-state index >= 15 is 0 Å². The summed E-state index contributed by atoms with van der Waals surface area (Å²) in [6.45, 7) is 1.30. The highest BCUT2D eigenvalue weighted by atomic mass is 32.1. The Kier molecular flexibility index (Phi) is 5.22. The van der Waals surface area contributed by atoms with Gasteiger partial charge in [0.2, 0.25) is 0 Å². The van der Waals surface area contributed by atoms with Crippen molar-refractivity contribution in [3.8, 4) is 0 Å². The van der Waals surface area contributed by atoms with E-state index in [4.69, 9.17) is 15.6 Å². The number of aliphatic hydroxyl groups is 1. The van der Waals surface area contributed by atoms with Gasteiger partial charge in [-0.15, -0.1) is 16.4 Å². The van der Waals surface area contributed by atoms with Gasteiger partial charge in [0, 0.05) is 18.5 Å². The minimum Gasteiger partial charge on any atom is -0.397 e. The molecule has 8 heteroatoms. The second-order valence-electron chi connectivity index (χ2n) is 4.04. The number of hydrogen-bond donors (Lipinski definition) is 3. The smallest absolute Gasteiger partial charge is 0.263 e. The number of rotatable bonds is 7. The molecule has 7 nitrogen and oxygen atoms in total. The van der Waals surface area contributed by atoms with Crippen LogP contribution < -0.4 is 11.1 Å². The van der Waals surface area contributed by atoms with Crippen molar-refractivity contribution in [3.63, 3.8) is 0 Å². The number of nitrogens with two attached hydrogens (primary N) is 1. The number of nitrogen functional groups attached to an aromatic ring is 1. The molecule has 2 aromatic heterocycles. The van der Waals surface area contributed by atoms with Crippen LogP contribution in [0.2, 0.25) is 0 Å². The van der Waals surface area contributed by atoms with Crippen LogP contribution in [0.3, 0.4) is 0 Å². The maximum atomic E-state index is 12.0. The topological polar surface area (TPSA) is 110 Å². The van der Waals surface area contributed by atoms with Crippen LogP contribution in [-0.2, 0) is 4.74 Å². The zero-order chi connectivity index (χ0) is 14.4. The number of amides is 1. The molecule has 0 spiro atoms. The molecule has 0 radical (unpaired) electrons. The van der Waals surface area contributed by atoms with Crippen LogP contribution >= 0.6 is 11.3 Å². The first-order valence-corrected chi connectivity index (χ1v) is 7.02. The Bertz CT molecular complexity index is 587. The second-order valence-corrected chi connectivity index (χ2v) is 5.04. The summed E-state index contributed by atoms with van der Waals surface area (Å²) in [5.41, 5.74) is 6.38. The van der Waals surface area contributed by atoms with E-state index < -0.39 is 0 Å². The minimum absolute atomic E-state index is 0.00567. The highest BCUT2D eigenvalue weighted by Gasteiger charge is 2.16. The number of ether oxygens (including phenoxy) is 1. The van der Waals surface area contributed by atoms with E-state index in [1.165, 1.54) is 11.3 Å². The fourth-order valence-electron chi connectivity index (χ4n) is 1.66. The van der Waals surface area contributed by atoms with Crippen molar-refractivity contribution in [2.75, 3.05) is 32.1 Å². The molecule has 0 aliphatic carbocycles. The first-order valence-electron chi connectivity index (χ1n) is 6.20. The Morgan fingerprint density at radius 1 is 1.50 bits per heavy atom. The van der Waals surface area contributed by atoms with E-state index in [0.29, 0.717) is 41.6 Å². The molecule has 4 N–H and O–H groups in total. The Morgan fingerprint density at radius 3 is 3.10 bits per heavy atom. The van der Waals surface area contributed by atoms with Crippen LogP contribution in [0, 0.1) is 0 Å². The number of aromatic nitrogens is 2. The summed E-state index contributed by atoms with van der Waals surface area (Å²) in [6.07, 6.45) is 2.22. The standard InChI is InChI=1S/C12H16N4O3S/c13-9-8-2-4-15-16-12(8)20-10(9)11(18)14-3-1-6-19-7-5-17/h2,4,17H,1,3,5-7,13H2,(H,14,18). The number of anilines is 1. The molecule has 108 valence electrons. The SMILES string of the molecule is Nc1c(C(=O)NCCCOCCO)sc2nnccc12. The number of carbonyl (C=O) groups excluding carboxylic acids is 1. The van der Waals surface area contributed by atoms with Gasteiger partial charge in [0.05, 0.1) is 25.1 Å². The molecular formula is C12H16N4O3S. The van der Waals surface area contributed by atoms with Crippen molar-refractivity contribution in [2.24, 2.45) is 0 Å². The van der Waals surface area contributed by atoms with E-state index in [9.17, 15) is 4.79 Å². The van der Waals surface area contributed by atoms with Crippen LogP contribution in [0.25, 0.3) is 10.2 Å². The van der Waals surface area contributed by atoms with Crippen molar-refractivity contribution in [2.45, 2.75) is 6.42 Å². The van der Waals surface area contributed by atoms with Gasteiger partial charge in [-0.3, -0.25) is 4.79 Å². The van der Waals surface area contributed by atoms with E-state index in [0.717, 1.165) is 5.39 Å². The number of nitrogens with zero attached hydrogens (tertiary/aromatic N) is 2. The summed E-state index contributed by atoms with van der Waals surface area (Å²) in [7, 11) is 0. The van der Waals surface area contributed by atoms with Crippen molar-refractivity contribution >= 4 is 33.1 Å². The van der Waals surface area contributed by atoms with Gasteiger partial charge in [-0.2, -0.15) is 5.10 Å². The minimum atomic E-state index is -0.215. The molecule has 20 heavy (non-hydrogen) atoms. The lowest BCUT2D eigenvalue weighted by Crippen LogP contribution is -2.25. The van der Waals surface area contributed by atoms with E-state index in [-0.39, 0.29) is 12.5 Å². The van der Waals surface area contributed by atoms with Crippen LogP contribution in [0.4, 0.5) is 5.69 Å². The van der Waals surface area contributed by atoms with Gasteiger partial charge in [0.25, 0.3) is 5.91 Å². The van der Waals surface area contributed by atoms with Gasteiger partial charge in [-0.05, 0) is 12.5 Å². The van der Waals surface area contributed by atoms with E-state index in [1.54, 1.807) is 12.3 Å². The number of aliphatic hydroxyl groups excluding tert-OH is 1.